The third-order valence-corrected chi connectivity index (χ3v) is 3.15. The molecule has 1 rings (SSSR count). The molecule has 1 amide bonds. The highest BCUT2D eigenvalue weighted by molar-refractivity contribution is 5.95. The Morgan fingerprint density at radius 1 is 1.00 bits per heavy atom. The average Bonchev–Trinajstić information content (AvgIpc) is 2.49. The van der Waals surface area contributed by atoms with Crippen molar-refractivity contribution in [2.45, 2.75) is 39.0 Å². The Hall–Kier alpha value is -2.51. The Balaban J connectivity index is 2.68. The van der Waals surface area contributed by atoms with Gasteiger partial charge in [0.2, 0.25) is 0 Å². The number of nitro benzene ring substituents is 2. The molecule has 0 aliphatic carbocycles. The molecule has 8 heteroatoms. The normalized spacial score (nSPS) is 10.2. The molecular formula is C14H19N3O5. The van der Waals surface area contributed by atoms with Crippen molar-refractivity contribution >= 4 is 17.3 Å². The summed E-state index contributed by atoms with van der Waals surface area (Å²) in [6, 6.07) is 2.92. The van der Waals surface area contributed by atoms with Crippen LogP contribution in [0.4, 0.5) is 11.4 Å². The van der Waals surface area contributed by atoms with Crippen LogP contribution < -0.4 is 5.32 Å². The van der Waals surface area contributed by atoms with Gasteiger partial charge in [0, 0.05) is 18.7 Å². The van der Waals surface area contributed by atoms with Gasteiger partial charge in [-0.05, 0) is 6.42 Å². The summed E-state index contributed by atoms with van der Waals surface area (Å²) >= 11 is 0. The number of hydrogen-bond acceptors (Lipinski definition) is 5. The lowest BCUT2D eigenvalue weighted by atomic mass is 10.1. The zero-order valence-corrected chi connectivity index (χ0v) is 12.4. The van der Waals surface area contributed by atoms with Gasteiger partial charge in [-0.3, -0.25) is 25.0 Å². The van der Waals surface area contributed by atoms with Crippen LogP contribution in [0.5, 0.6) is 0 Å². The molecule has 8 nitrogen and oxygen atoms in total. The van der Waals surface area contributed by atoms with Crippen molar-refractivity contribution in [3.05, 3.63) is 44.0 Å². The molecule has 0 heterocycles. The number of carbonyl (C=O) groups excluding carboxylic acids is 1. The van der Waals surface area contributed by atoms with Crippen molar-refractivity contribution in [2.24, 2.45) is 0 Å². The predicted octanol–water partition coefficient (Wildman–Crippen LogP) is 3.20. The maximum absolute atomic E-state index is 11.9. The van der Waals surface area contributed by atoms with Crippen LogP contribution in [0.2, 0.25) is 0 Å². The number of unbranched alkanes of at least 4 members (excludes halogenated alkanes) is 4. The molecule has 0 fully saturated rings. The summed E-state index contributed by atoms with van der Waals surface area (Å²) < 4.78 is 0. The summed E-state index contributed by atoms with van der Waals surface area (Å²) in [6.45, 7) is 2.55. The van der Waals surface area contributed by atoms with E-state index in [0.717, 1.165) is 50.3 Å². The van der Waals surface area contributed by atoms with Crippen LogP contribution in [-0.2, 0) is 0 Å². The quantitative estimate of drug-likeness (QED) is 0.427. The molecule has 0 aliphatic rings. The Bertz CT molecular complexity index is 527. The smallest absolute Gasteiger partial charge is 0.277 e. The second-order valence-electron chi connectivity index (χ2n) is 4.92. The first-order chi connectivity index (χ1) is 10.5. The van der Waals surface area contributed by atoms with Gasteiger partial charge in [0.05, 0.1) is 21.5 Å². The third-order valence-electron chi connectivity index (χ3n) is 3.15. The molecular weight excluding hydrogens is 290 g/mol. The molecule has 0 unspecified atom stereocenters. The van der Waals surface area contributed by atoms with Gasteiger partial charge in [0.1, 0.15) is 0 Å². The van der Waals surface area contributed by atoms with Crippen LogP contribution in [0.15, 0.2) is 18.2 Å². The first-order valence-electron chi connectivity index (χ1n) is 7.17. The minimum atomic E-state index is -0.755. The second-order valence-corrected chi connectivity index (χ2v) is 4.92. The molecule has 0 bridgehead atoms. The topological polar surface area (TPSA) is 115 Å². The maximum atomic E-state index is 11.9. The van der Waals surface area contributed by atoms with E-state index in [4.69, 9.17) is 0 Å². The van der Waals surface area contributed by atoms with Crippen LogP contribution in [0.3, 0.4) is 0 Å². The molecule has 0 saturated carbocycles. The van der Waals surface area contributed by atoms with E-state index in [1.807, 2.05) is 0 Å². The van der Waals surface area contributed by atoms with Crippen molar-refractivity contribution in [1.29, 1.82) is 0 Å². The fourth-order valence-electron chi connectivity index (χ4n) is 1.97. The number of carbonyl (C=O) groups is 1. The van der Waals surface area contributed by atoms with Gasteiger partial charge in [0.15, 0.2) is 0 Å². The molecule has 0 aliphatic heterocycles. The number of hydrogen-bond donors (Lipinski definition) is 1. The summed E-state index contributed by atoms with van der Waals surface area (Å²) in [5.74, 6) is -0.540. The van der Waals surface area contributed by atoms with E-state index in [1.54, 1.807) is 0 Å². The van der Waals surface area contributed by atoms with Crippen LogP contribution in [0.1, 0.15) is 49.4 Å². The summed E-state index contributed by atoms with van der Waals surface area (Å²) in [7, 11) is 0. The highest BCUT2D eigenvalue weighted by atomic mass is 16.6. The SMILES string of the molecule is CCCCCCCNC(=O)c1cc([N+](=O)[O-])cc([N+](=O)[O-])c1. The lowest BCUT2D eigenvalue weighted by Gasteiger charge is -2.05. The number of non-ortho nitro benzene ring substituents is 2. The van der Waals surface area contributed by atoms with Crippen LogP contribution in [-0.4, -0.2) is 22.3 Å². The van der Waals surface area contributed by atoms with Gasteiger partial charge in [-0.25, -0.2) is 0 Å². The van der Waals surface area contributed by atoms with Crippen LogP contribution in [0.25, 0.3) is 0 Å². The molecule has 1 N–H and O–H groups in total. The number of nitrogens with one attached hydrogen (secondary N) is 1. The average molecular weight is 309 g/mol. The number of benzene rings is 1. The maximum Gasteiger partial charge on any atom is 0.277 e. The number of rotatable bonds is 9. The summed E-state index contributed by atoms with van der Waals surface area (Å²) in [5, 5.41) is 24.1. The number of nitro groups is 2. The Kier molecular flexibility index (Phi) is 6.94. The highest BCUT2D eigenvalue weighted by Crippen LogP contribution is 2.22. The van der Waals surface area contributed by atoms with E-state index < -0.39 is 27.1 Å². The van der Waals surface area contributed by atoms with E-state index in [0.29, 0.717) is 6.54 Å². The Morgan fingerprint density at radius 3 is 2.05 bits per heavy atom. The van der Waals surface area contributed by atoms with E-state index in [1.165, 1.54) is 0 Å². The standard InChI is InChI=1S/C14H19N3O5/c1-2-3-4-5-6-7-15-14(18)11-8-12(16(19)20)10-13(9-11)17(21)22/h8-10H,2-7H2,1H3,(H,15,18). The summed E-state index contributed by atoms with van der Waals surface area (Å²) in [6.07, 6.45) is 5.16. The predicted molar refractivity (Wildman–Crippen MR) is 80.8 cm³/mol. The van der Waals surface area contributed by atoms with Gasteiger partial charge in [-0.2, -0.15) is 0 Å². The molecule has 1 aromatic carbocycles. The highest BCUT2D eigenvalue weighted by Gasteiger charge is 2.19. The van der Waals surface area contributed by atoms with E-state index in [-0.39, 0.29) is 5.56 Å². The van der Waals surface area contributed by atoms with Crippen molar-refractivity contribution in [1.82, 2.24) is 5.32 Å². The summed E-state index contributed by atoms with van der Waals surface area (Å²) in [4.78, 5) is 31.9. The number of nitrogens with zero attached hydrogens (tertiary/aromatic N) is 2. The van der Waals surface area contributed by atoms with Crippen molar-refractivity contribution < 1.29 is 14.6 Å². The van der Waals surface area contributed by atoms with Gasteiger partial charge in [0.25, 0.3) is 17.3 Å². The fraction of sp³-hybridized carbons (Fsp3) is 0.500. The number of amides is 1. The molecule has 0 saturated heterocycles. The lowest BCUT2D eigenvalue weighted by molar-refractivity contribution is -0.394. The zero-order valence-electron chi connectivity index (χ0n) is 12.4. The summed E-state index contributed by atoms with van der Waals surface area (Å²) in [5.41, 5.74) is -1.01. The van der Waals surface area contributed by atoms with Crippen LogP contribution >= 0.6 is 0 Å². The molecule has 0 radical (unpaired) electrons. The third kappa shape index (κ3) is 5.47. The molecule has 0 atom stereocenters. The van der Waals surface area contributed by atoms with Gasteiger partial charge < -0.3 is 5.32 Å². The van der Waals surface area contributed by atoms with Gasteiger partial charge in [-0.1, -0.05) is 32.6 Å². The Morgan fingerprint density at radius 2 is 1.55 bits per heavy atom. The van der Waals surface area contributed by atoms with E-state index in [2.05, 4.69) is 12.2 Å². The first kappa shape index (κ1) is 17.5. The second kappa shape index (κ2) is 8.71. The fourth-order valence-corrected chi connectivity index (χ4v) is 1.97. The molecule has 0 aromatic heterocycles. The van der Waals surface area contributed by atoms with Gasteiger partial charge >= 0.3 is 0 Å². The van der Waals surface area contributed by atoms with Crippen LogP contribution in [0, 0.1) is 20.2 Å². The largest absolute Gasteiger partial charge is 0.352 e. The zero-order chi connectivity index (χ0) is 16.5. The van der Waals surface area contributed by atoms with E-state index in [9.17, 15) is 25.0 Å². The lowest BCUT2D eigenvalue weighted by Crippen LogP contribution is -2.24. The van der Waals surface area contributed by atoms with E-state index >= 15 is 0 Å². The van der Waals surface area contributed by atoms with Gasteiger partial charge in [-0.15, -0.1) is 0 Å². The first-order valence-corrected chi connectivity index (χ1v) is 7.17. The Labute approximate surface area is 127 Å². The van der Waals surface area contributed by atoms with Crippen molar-refractivity contribution in [3.63, 3.8) is 0 Å². The molecule has 0 spiro atoms. The van der Waals surface area contributed by atoms with Crippen molar-refractivity contribution in [2.75, 3.05) is 6.54 Å². The molecule has 22 heavy (non-hydrogen) atoms. The van der Waals surface area contributed by atoms with Crippen molar-refractivity contribution in [3.8, 4) is 0 Å². The molecule has 120 valence electrons. The minimum Gasteiger partial charge on any atom is -0.352 e. The molecule has 1 aromatic rings. The monoisotopic (exact) mass is 309 g/mol. The minimum absolute atomic E-state index is 0.0746.